The summed E-state index contributed by atoms with van der Waals surface area (Å²) in [6.45, 7) is 2.64. The van der Waals surface area contributed by atoms with Gasteiger partial charge in [-0.25, -0.2) is 0 Å². The number of piperidine rings is 2. The van der Waals surface area contributed by atoms with Crippen LogP contribution < -0.4 is 5.32 Å². The van der Waals surface area contributed by atoms with E-state index in [9.17, 15) is 9.59 Å². The summed E-state index contributed by atoms with van der Waals surface area (Å²) in [5, 5.41) is 3.07. The molecule has 2 aliphatic heterocycles. The minimum atomic E-state index is -0.599. The number of hydrogen-bond acceptors (Lipinski definition) is 3. The summed E-state index contributed by atoms with van der Waals surface area (Å²) in [7, 11) is 2.11. The third-order valence-electron chi connectivity index (χ3n) is 4.85. The molecule has 2 aliphatic rings. The van der Waals surface area contributed by atoms with Crippen molar-refractivity contribution < 1.29 is 9.59 Å². The molecule has 0 aromatic heterocycles. The normalized spacial score (nSPS) is 24.9. The van der Waals surface area contributed by atoms with Crippen LogP contribution in [0.25, 0.3) is 0 Å². The van der Waals surface area contributed by atoms with Gasteiger partial charge in [-0.1, -0.05) is 23.7 Å². The maximum absolute atomic E-state index is 12.6. The van der Waals surface area contributed by atoms with E-state index >= 15 is 0 Å². The Hall–Kier alpha value is -1.59. The number of amides is 2. The van der Waals surface area contributed by atoms with E-state index in [1.165, 1.54) is 0 Å². The number of rotatable bonds is 1. The second kappa shape index (κ2) is 6.89. The van der Waals surface area contributed by atoms with Gasteiger partial charge in [-0.2, -0.15) is 0 Å². The first-order valence-electron chi connectivity index (χ1n) is 8.11. The molecule has 5 nitrogen and oxygen atoms in total. The molecule has 1 aromatic carbocycles. The summed E-state index contributed by atoms with van der Waals surface area (Å²) in [6, 6.07) is 7.13. The van der Waals surface area contributed by atoms with Crippen LogP contribution >= 0.6 is 11.6 Å². The predicted octanol–water partition coefficient (Wildman–Crippen LogP) is 2.22. The molecule has 0 unspecified atom stereocenters. The van der Waals surface area contributed by atoms with E-state index in [0.717, 1.165) is 32.4 Å². The summed E-state index contributed by atoms with van der Waals surface area (Å²) in [5.41, 5.74) is 0.476. The summed E-state index contributed by atoms with van der Waals surface area (Å²) in [6.07, 6.45) is 3.03. The topological polar surface area (TPSA) is 52.7 Å². The van der Waals surface area contributed by atoms with Gasteiger partial charge < -0.3 is 15.1 Å². The standard InChI is InChI=1S/C17H22ClN3O2/c1-20-10-8-15-12(11-20)5-4-9-21(15)17(23)16(22)19-14-7-3-2-6-13(14)18/h2-3,6-7,12,15H,4-5,8-11H2,1H3,(H,19,22)/t12-,15-/m0/s1. The fourth-order valence-electron chi connectivity index (χ4n) is 3.71. The van der Waals surface area contributed by atoms with E-state index in [1.807, 2.05) is 0 Å². The van der Waals surface area contributed by atoms with Gasteiger partial charge in [0.25, 0.3) is 0 Å². The quantitative estimate of drug-likeness (QED) is 0.801. The van der Waals surface area contributed by atoms with E-state index in [-0.39, 0.29) is 6.04 Å². The van der Waals surface area contributed by atoms with Crippen molar-refractivity contribution >= 4 is 29.1 Å². The van der Waals surface area contributed by atoms with Crippen molar-refractivity contribution in [1.82, 2.24) is 9.80 Å². The lowest BCUT2D eigenvalue weighted by atomic mass is 9.84. The van der Waals surface area contributed by atoms with Crippen molar-refractivity contribution in [2.24, 2.45) is 5.92 Å². The monoisotopic (exact) mass is 335 g/mol. The maximum Gasteiger partial charge on any atom is 0.313 e. The molecule has 3 rings (SSSR count). The van der Waals surface area contributed by atoms with Crippen LogP contribution in [0.4, 0.5) is 5.69 Å². The number of carbonyl (C=O) groups excluding carboxylic acids is 2. The Labute approximate surface area is 141 Å². The average molecular weight is 336 g/mol. The number of likely N-dealkylation sites (tertiary alicyclic amines) is 2. The number of nitrogens with one attached hydrogen (secondary N) is 1. The minimum Gasteiger partial charge on any atom is -0.331 e. The van der Waals surface area contributed by atoms with Crippen LogP contribution in [0.5, 0.6) is 0 Å². The number of nitrogens with zero attached hydrogens (tertiary/aromatic N) is 2. The molecule has 2 atom stereocenters. The van der Waals surface area contributed by atoms with Crippen molar-refractivity contribution in [3.8, 4) is 0 Å². The van der Waals surface area contributed by atoms with Crippen molar-refractivity contribution in [2.75, 3.05) is 32.0 Å². The molecule has 0 saturated carbocycles. The Morgan fingerprint density at radius 1 is 1.22 bits per heavy atom. The van der Waals surface area contributed by atoms with E-state index in [2.05, 4.69) is 17.3 Å². The van der Waals surface area contributed by atoms with Gasteiger partial charge >= 0.3 is 11.8 Å². The Bertz CT molecular complexity index is 607. The highest BCUT2D eigenvalue weighted by Crippen LogP contribution is 2.30. The van der Waals surface area contributed by atoms with Gasteiger partial charge in [-0.3, -0.25) is 9.59 Å². The molecule has 0 aliphatic carbocycles. The van der Waals surface area contributed by atoms with Crippen LogP contribution in [-0.4, -0.2) is 54.3 Å². The summed E-state index contributed by atoms with van der Waals surface area (Å²) < 4.78 is 0. The van der Waals surface area contributed by atoms with Crippen molar-refractivity contribution in [2.45, 2.75) is 25.3 Å². The summed E-state index contributed by atoms with van der Waals surface area (Å²) >= 11 is 6.04. The highest BCUT2D eigenvalue weighted by molar-refractivity contribution is 6.41. The van der Waals surface area contributed by atoms with E-state index < -0.39 is 11.8 Å². The van der Waals surface area contributed by atoms with Gasteiger partial charge in [0.15, 0.2) is 0 Å². The Morgan fingerprint density at radius 2 is 2.00 bits per heavy atom. The molecule has 0 spiro atoms. The number of fused-ring (bicyclic) bond motifs is 1. The summed E-state index contributed by atoms with van der Waals surface area (Å²) in [5.74, 6) is -0.568. The lowest BCUT2D eigenvalue weighted by molar-refractivity contribution is -0.148. The molecule has 0 radical (unpaired) electrons. The number of halogens is 1. The first-order valence-corrected chi connectivity index (χ1v) is 8.49. The van der Waals surface area contributed by atoms with E-state index in [4.69, 9.17) is 11.6 Å². The highest BCUT2D eigenvalue weighted by Gasteiger charge is 2.39. The van der Waals surface area contributed by atoms with Crippen molar-refractivity contribution in [1.29, 1.82) is 0 Å². The van der Waals surface area contributed by atoms with Crippen molar-refractivity contribution in [3.05, 3.63) is 29.3 Å². The third kappa shape index (κ3) is 3.51. The molecule has 23 heavy (non-hydrogen) atoms. The second-order valence-electron chi connectivity index (χ2n) is 6.45. The SMILES string of the molecule is CN1CC[C@H]2[C@@H](CCCN2C(=O)C(=O)Nc2ccccc2Cl)C1. The lowest BCUT2D eigenvalue weighted by Crippen LogP contribution is -2.57. The average Bonchev–Trinajstić information content (AvgIpc) is 2.55. The fourth-order valence-corrected chi connectivity index (χ4v) is 3.89. The van der Waals surface area contributed by atoms with Gasteiger partial charge in [0, 0.05) is 19.1 Å². The molecule has 2 amide bonds. The number of benzene rings is 1. The highest BCUT2D eigenvalue weighted by atomic mass is 35.5. The Balaban J connectivity index is 1.69. The van der Waals surface area contributed by atoms with Crippen LogP contribution in [0.2, 0.25) is 5.02 Å². The molecule has 1 aromatic rings. The van der Waals surface area contributed by atoms with E-state index in [0.29, 0.717) is 23.2 Å². The second-order valence-corrected chi connectivity index (χ2v) is 6.86. The predicted molar refractivity (Wildman–Crippen MR) is 90.4 cm³/mol. The molecule has 6 heteroatoms. The van der Waals surface area contributed by atoms with Crippen LogP contribution in [0, 0.1) is 5.92 Å². The molecule has 124 valence electrons. The zero-order valence-electron chi connectivity index (χ0n) is 13.3. The number of para-hydroxylation sites is 1. The zero-order chi connectivity index (χ0) is 16.4. The van der Waals surface area contributed by atoms with Crippen LogP contribution in [0.3, 0.4) is 0 Å². The first-order chi connectivity index (χ1) is 11.1. The first kappa shape index (κ1) is 16.3. The van der Waals surface area contributed by atoms with Crippen LogP contribution in [0.15, 0.2) is 24.3 Å². The Morgan fingerprint density at radius 3 is 2.78 bits per heavy atom. The lowest BCUT2D eigenvalue weighted by Gasteiger charge is -2.46. The maximum atomic E-state index is 12.6. The summed E-state index contributed by atoms with van der Waals surface area (Å²) in [4.78, 5) is 29.0. The van der Waals surface area contributed by atoms with E-state index in [1.54, 1.807) is 29.2 Å². The smallest absolute Gasteiger partial charge is 0.313 e. The minimum absolute atomic E-state index is 0.185. The molecular weight excluding hydrogens is 314 g/mol. The van der Waals surface area contributed by atoms with Gasteiger partial charge in [0.05, 0.1) is 10.7 Å². The van der Waals surface area contributed by atoms with Gasteiger partial charge in [0.1, 0.15) is 0 Å². The number of carbonyl (C=O) groups is 2. The van der Waals surface area contributed by atoms with Crippen molar-refractivity contribution in [3.63, 3.8) is 0 Å². The third-order valence-corrected chi connectivity index (χ3v) is 5.18. The van der Waals surface area contributed by atoms with Crippen LogP contribution in [0.1, 0.15) is 19.3 Å². The molecule has 2 saturated heterocycles. The molecule has 0 bridgehead atoms. The number of hydrogen-bond donors (Lipinski definition) is 1. The molecular formula is C17H22ClN3O2. The van der Waals surface area contributed by atoms with Crippen LogP contribution in [-0.2, 0) is 9.59 Å². The fraction of sp³-hybridized carbons (Fsp3) is 0.529. The van der Waals surface area contributed by atoms with Gasteiger partial charge in [-0.05, 0) is 50.9 Å². The Kier molecular flexibility index (Phi) is 4.87. The molecule has 1 N–H and O–H groups in total. The largest absolute Gasteiger partial charge is 0.331 e. The number of anilines is 1. The van der Waals surface area contributed by atoms with Gasteiger partial charge in [-0.15, -0.1) is 0 Å². The van der Waals surface area contributed by atoms with Gasteiger partial charge in [0.2, 0.25) is 0 Å². The molecule has 2 heterocycles. The molecule has 2 fully saturated rings. The zero-order valence-corrected chi connectivity index (χ0v) is 14.1.